The quantitative estimate of drug-likeness (QED) is 0.632. The molecular formula is C23H27N3O2. The second kappa shape index (κ2) is 9.24. The largest absolute Gasteiger partial charge is 0.497 e. The van der Waals surface area contributed by atoms with Gasteiger partial charge < -0.3 is 20.1 Å². The Morgan fingerprint density at radius 1 is 0.929 bits per heavy atom. The van der Waals surface area contributed by atoms with E-state index in [1.807, 2.05) is 60.7 Å². The Morgan fingerprint density at radius 2 is 1.43 bits per heavy atom. The SMILES string of the molecule is [2H][C@](C)(N)c1cccnc1N(Cc1ccc(OC)cc1)Cc1ccc(OC)cc1. The van der Waals surface area contributed by atoms with Crippen LogP contribution in [0.4, 0.5) is 5.82 Å². The molecule has 3 rings (SSSR count). The number of hydrogen-bond donors (Lipinski definition) is 1. The second-order valence-corrected chi connectivity index (χ2v) is 6.61. The number of aromatic nitrogens is 1. The van der Waals surface area contributed by atoms with Gasteiger partial charge in [-0.2, -0.15) is 0 Å². The molecule has 0 saturated carbocycles. The molecule has 1 heterocycles. The molecule has 0 aliphatic carbocycles. The van der Waals surface area contributed by atoms with Crippen molar-refractivity contribution in [2.75, 3.05) is 19.1 Å². The van der Waals surface area contributed by atoms with Crippen LogP contribution < -0.4 is 20.1 Å². The monoisotopic (exact) mass is 378 g/mol. The number of rotatable bonds is 8. The van der Waals surface area contributed by atoms with Gasteiger partial charge in [0.2, 0.25) is 0 Å². The number of hydrogen-bond acceptors (Lipinski definition) is 5. The van der Waals surface area contributed by atoms with Gasteiger partial charge in [-0.15, -0.1) is 0 Å². The highest BCUT2D eigenvalue weighted by molar-refractivity contribution is 5.50. The van der Waals surface area contributed by atoms with Crippen LogP contribution in [0.1, 0.15) is 31.0 Å². The minimum absolute atomic E-state index is 0.621. The third-order valence-electron chi connectivity index (χ3n) is 4.58. The van der Waals surface area contributed by atoms with E-state index in [1.54, 1.807) is 27.3 Å². The maximum Gasteiger partial charge on any atom is 0.133 e. The maximum atomic E-state index is 8.35. The number of nitrogens with zero attached hydrogens (tertiary/aromatic N) is 2. The van der Waals surface area contributed by atoms with Crippen LogP contribution in [-0.2, 0) is 13.1 Å². The van der Waals surface area contributed by atoms with Crippen LogP contribution in [0.5, 0.6) is 11.5 Å². The van der Waals surface area contributed by atoms with Crippen molar-refractivity contribution in [3.05, 3.63) is 83.6 Å². The minimum Gasteiger partial charge on any atom is -0.497 e. The van der Waals surface area contributed by atoms with E-state index < -0.39 is 6.02 Å². The minimum atomic E-state index is -1.25. The van der Waals surface area contributed by atoms with Gasteiger partial charge in [0.25, 0.3) is 0 Å². The summed E-state index contributed by atoms with van der Waals surface area (Å²) < 4.78 is 18.9. The fourth-order valence-corrected chi connectivity index (χ4v) is 3.07. The van der Waals surface area contributed by atoms with Gasteiger partial charge in [0.1, 0.15) is 17.3 Å². The molecule has 2 aromatic carbocycles. The number of nitrogens with two attached hydrogens (primary N) is 1. The summed E-state index contributed by atoms with van der Waals surface area (Å²) in [5.41, 5.74) is 9.03. The molecule has 146 valence electrons. The summed E-state index contributed by atoms with van der Waals surface area (Å²) in [6, 6.07) is 18.3. The average Bonchev–Trinajstić information content (AvgIpc) is 2.74. The first-order valence-corrected chi connectivity index (χ1v) is 9.16. The van der Waals surface area contributed by atoms with Crippen molar-refractivity contribution in [1.82, 2.24) is 4.98 Å². The van der Waals surface area contributed by atoms with Crippen LogP contribution in [0.3, 0.4) is 0 Å². The predicted molar refractivity (Wildman–Crippen MR) is 113 cm³/mol. The first-order chi connectivity index (χ1) is 13.9. The Labute approximate surface area is 168 Å². The average molecular weight is 378 g/mol. The summed E-state index contributed by atoms with van der Waals surface area (Å²) >= 11 is 0. The van der Waals surface area contributed by atoms with E-state index in [2.05, 4.69) is 9.88 Å². The predicted octanol–water partition coefficient (Wildman–Crippen LogP) is 4.33. The van der Waals surface area contributed by atoms with E-state index in [-0.39, 0.29) is 0 Å². The van der Waals surface area contributed by atoms with Crippen molar-refractivity contribution in [3.8, 4) is 11.5 Å². The van der Waals surface area contributed by atoms with Gasteiger partial charge in [0.05, 0.1) is 15.6 Å². The highest BCUT2D eigenvalue weighted by Gasteiger charge is 2.16. The lowest BCUT2D eigenvalue weighted by molar-refractivity contribution is 0.414. The number of ether oxygens (including phenoxy) is 2. The summed E-state index contributed by atoms with van der Waals surface area (Å²) in [6.07, 6.45) is 1.74. The van der Waals surface area contributed by atoms with Gasteiger partial charge in [-0.1, -0.05) is 30.3 Å². The van der Waals surface area contributed by atoms with Crippen molar-refractivity contribution < 1.29 is 10.8 Å². The highest BCUT2D eigenvalue weighted by atomic mass is 16.5. The van der Waals surface area contributed by atoms with Gasteiger partial charge in [-0.3, -0.25) is 0 Å². The van der Waals surface area contributed by atoms with Crippen molar-refractivity contribution in [2.45, 2.75) is 26.0 Å². The van der Waals surface area contributed by atoms with E-state index in [4.69, 9.17) is 16.6 Å². The fourth-order valence-electron chi connectivity index (χ4n) is 3.07. The number of pyridine rings is 1. The molecule has 1 atom stereocenters. The van der Waals surface area contributed by atoms with Crippen LogP contribution >= 0.6 is 0 Å². The molecule has 0 aliphatic rings. The van der Waals surface area contributed by atoms with Crippen LogP contribution in [0, 0.1) is 0 Å². The van der Waals surface area contributed by atoms with Crippen LogP contribution in [0.25, 0.3) is 0 Å². The Kier molecular flexibility index (Phi) is 6.05. The molecule has 0 amide bonds. The molecule has 0 fully saturated rings. The van der Waals surface area contributed by atoms with Gasteiger partial charge in [-0.05, 0) is 48.4 Å². The van der Waals surface area contributed by atoms with Gasteiger partial charge in [-0.25, -0.2) is 4.98 Å². The molecule has 5 nitrogen and oxygen atoms in total. The summed E-state index contributed by atoms with van der Waals surface area (Å²) in [6.45, 7) is 2.92. The third-order valence-corrected chi connectivity index (χ3v) is 4.58. The zero-order valence-electron chi connectivity index (χ0n) is 17.6. The van der Waals surface area contributed by atoms with E-state index >= 15 is 0 Å². The van der Waals surface area contributed by atoms with Gasteiger partial charge in [0.15, 0.2) is 0 Å². The van der Waals surface area contributed by atoms with Crippen molar-refractivity contribution in [3.63, 3.8) is 0 Å². The number of benzene rings is 2. The zero-order valence-corrected chi connectivity index (χ0v) is 16.6. The molecule has 0 saturated heterocycles. The normalized spacial score (nSPS) is 13.4. The summed E-state index contributed by atoms with van der Waals surface area (Å²) in [5.74, 6) is 2.34. The third kappa shape index (κ3) is 4.81. The van der Waals surface area contributed by atoms with E-state index in [9.17, 15) is 0 Å². The molecular weight excluding hydrogens is 350 g/mol. The molecule has 1 aromatic heterocycles. The van der Waals surface area contributed by atoms with Crippen LogP contribution in [0.15, 0.2) is 66.9 Å². The lowest BCUT2D eigenvalue weighted by Gasteiger charge is -2.27. The van der Waals surface area contributed by atoms with E-state index in [0.29, 0.717) is 24.5 Å². The molecule has 0 spiro atoms. The Hall–Kier alpha value is -3.05. The Bertz CT molecular complexity index is 873. The highest BCUT2D eigenvalue weighted by Crippen LogP contribution is 2.26. The Balaban J connectivity index is 1.96. The lowest BCUT2D eigenvalue weighted by Crippen LogP contribution is -2.25. The molecule has 3 aromatic rings. The van der Waals surface area contributed by atoms with Crippen LogP contribution in [-0.4, -0.2) is 19.2 Å². The van der Waals surface area contributed by atoms with Gasteiger partial charge >= 0.3 is 0 Å². The maximum absolute atomic E-state index is 8.35. The molecule has 28 heavy (non-hydrogen) atoms. The van der Waals surface area contributed by atoms with E-state index in [1.165, 1.54) is 0 Å². The van der Waals surface area contributed by atoms with Gasteiger partial charge in [0, 0.05) is 30.9 Å². The zero-order chi connectivity index (χ0) is 20.9. The molecule has 0 aliphatic heterocycles. The first kappa shape index (κ1) is 18.3. The standard InChI is InChI=1S/C23H27N3O2/c1-17(24)22-5-4-14-25-23(22)26(15-18-6-10-20(27-2)11-7-18)16-19-8-12-21(28-3)13-9-19/h4-14,17H,15-16,24H2,1-3H3/t17-/m1/s1/i17D. The Morgan fingerprint density at radius 3 is 1.86 bits per heavy atom. The van der Waals surface area contributed by atoms with Crippen molar-refractivity contribution in [1.29, 1.82) is 0 Å². The first-order valence-electron chi connectivity index (χ1n) is 9.66. The summed E-state index contributed by atoms with van der Waals surface area (Å²) in [4.78, 5) is 6.72. The molecule has 0 bridgehead atoms. The summed E-state index contributed by atoms with van der Waals surface area (Å²) in [7, 11) is 3.31. The van der Waals surface area contributed by atoms with Crippen molar-refractivity contribution >= 4 is 5.82 Å². The second-order valence-electron chi connectivity index (χ2n) is 6.61. The molecule has 0 radical (unpaired) electrons. The van der Waals surface area contributed by atoms with E-state index in [0.717, 1.165) is 22.6 Å². The van der Waals surface area contributed by atoms with Crippen molar-refractivity contribution in [2.24, 2.45) is 5.73 Å². The molecule has 0 unspecified atom stereocenters. The number of anilines is 1. The summed E-state index contributed by atoms with van der Waals surface area (Å²) in [5, 5.41) is 0. The smallest absolute Gasteiger partial charge is 0.133 e. The van der Waals surface area contributed by atoms with Crippen LogP contribution in [0.2, 0.25) is 0 Å². The topological polar surface area (TPSA) is 60.6 Å². The molecule has 5 heteroatoms. The number of methoxy groups -OCH3 is 2. The molecule has 2 N–H and O–H groups in total. The lowest BCUT2D eigenvalue weighted by atomic mass is 10.1. The fraction of sp³-hybridized carbons (Fsp3) is 0.261.